The van der Waals surface area contributed by atoms with E-state index in [-0.39, 0.29) is 12.2 Å². The first kappa shape index (κ1) is 15.7. The lowest BCUT2D eigenvalue weighted by Gasteiger charge is -2.12. The summed E-state index contributed by atoms with van der Waals surface area (Å²) in [6.45, 7) is 0. The minimum atomic E-state index is -4.70. The van der Waals surface area contributed by atoms with Gasteiger partial charge in [0.1, 0.15) is 11.5 Å². The molecule has 0 aliphatic heterocycles. The van der Waals surface area contributed by atoms with E-state index in [9.17, 15) is 18.3 Å². The summed E-state index contributed by atoms with van der Waals surface area (Å²) in [4.78, 5) is 0.688. The molecule has 1 aromatic heterocycles. The molecule has 1 unspecified atom stereocenters. The van der Waals surface area contributed by atoms with E-state index in [1.807, 2.05) is 0 Å². The van der Waals surface area contributed by atoms with Crippen molar-refractivity contribution in [1.29, 1.82) is 0 Å². The Bertz CT molecular complexity index is 578. The normalized spacial score (nSPS) is 13.0. The van der Waals surface area contributed by atoms with Crippen molar-refractivity contribution < 1.29 is 27.8 Å². The van der Waals surface area contributed by atoms with Crippen molar-refractivity contribution in [3.05, 3.63) is 46.2 Å². The minimum absolute atomic E-state index is 0.281. The molecule has 21 heavy (non-hydrogen) atoms. The number of aliphatic hydroxyl groups excluding tert-OH is 1. The Morgan fingerprint density at radius 3 is 2.43 bits per heavy atom. The standard InChI is InChI=1S/C14H13F3O3S/c1-19-12-6-7-21-13(12)11(18)8-9-2-4-10(5-3-9)20-14(15,16)17/h2-7,11,18H,8H2,1H3. The van der Waals surface area contributed by atoms with Gasteiger partial charge in [-0.3, -0.25) is 0 Å². The molecule has 1 aromatic carbocycles. The van der Waals surface area contributed by atoms with Crippen LogP contribution in [0.5, 0.6) is 11.5 Å². The van der Waals surface area contributed by atoms with Crippen LogP contribution in [-0.2, 0) is 6.42 Å². The molecule has 0 bridgehead atoms. The number of rotatable bonds is 5. The molecule has 1 atom stereocenters. The fourth-order valence-electron chi connectivity index (χ4n) is 1.86. The zero-order valence-corrected chi connectivity index (χ0v) is 11.9. The molecule has 0 saturated heterocycles. The maximum absolute atomic E-state index is 12.0. The molecular formula is C14H13F3O3S. The van der Waals surface area contributed by atoms with Crippen LogP contribution >= 0.6 is 11.3 Å². The van der Waals surface area contributed by atoms with Gasteiger partial charge in [0.15, 0.2) is 0 Å². The fraction of sp³-hybridized carbons (Fsp3) is 0.286. The van der Waals surface area contributed by atoms with Gasteiger partial charge in [0.05, 0.1) is 18.1 Å². The highest BCUT2D eigenvalue weighted by molar-refractivity contribution is 7.10. The molecule has 0 radical (unpaired) electrons. The van der Waals surface area contributed by atoms with Crippen molar-refractivity contribution in [2.75, 3.05) is 7.11 Å². The smallest absolute Gasteiger partial charge is 0.495 e. The number of methoxy groups -OCH3 is 1. The highest BCUT2D eigenvalue weighted by atomic mass is 32.1. The van der Waals surface area contributed by atoms with E-state index in [0.717, 1.165) is 0 Å². The number of aliphatic hydroxyl groups is 1. The van der Waals surface area contributed by atoms with E-state index < -0.39 is 12.5 Å². The number of ether oxygens (including phenoxy) is 2. The fourth-order valence-corrected chi connectivity index (χ4v) is 2.71. The number of hydrogen-bond acceptors (Lipinski definition) is 4. The third-order valence-corrected chi connectivity index (χ3v) is 3.77. The summed E-state index contributed by atoms with van der Waals surface area (Å²) in [6, 6.07) is 7.18. The first-order valence-corrected chi connectivity index (χ1v) is 6.91. The van der Waals surface area contributed by atoms with E-state index in [4.69, 9.17) is 4.74 Å². The number of benzene rings is 1. The summed E-state index contributed by atoms with van der Waals surface area (Å²) in [6.07, 6.45) is -5.19. The van der Waals surface area contributed by atoms with Gasteiger partial charge in [-0.1, -0.05) is 12.1 Å². The van der Waals surface area contributed by atoms with Crippen molar-refractivity contribution in [2.45, 2.75) is 18.9 Å². The zero-order valence-electron chi connectivity index (χ0n) is 11.1. The molecule has 1 heterocycles. The lowest BCUT2D eigenvalue weighted by Crippen LogP contribution is -2.17. The average molecular weight is 318 g/mol. The Balaban J connectivity index is 2.03. The number of hydrogen-bond donors (Lipinski definition) is 1. The van der Waals surface area contributed by atoms with E-state index in [1.165, 1.54) is 42.7 Å². The first-order valence-electron chi connectivity index (χ1n) is 6.03. The van der Waals surface area contributed by atoms with Crippen molar-refractivity contribution in [1.82, 2.24) is 0 Å². The van der Waals surface area contributed by atoms with Crippen LogP contribution in [0.1, 0.15) is 16.5 Å². The van der Waals surface area contributed by atoms with Gasteiger partial charge in [0.25, 0.3) is 0 Å². The van der Waals surface area contributed by atoms with E-state index in [1.54, 1.807) is 11.4 Å². The maximum atomic E-state index is 12.0. The molecule has 7 heteroatoms. The van der Waals surface area contributed by atoms with Crippen LogP contribution in [0.3, 0.4) is 0 Å². The second kappa shape index (κ2) is 6.36. The van der Waals surface area contributed by atoms with Gasteiger partial charge >= 0.3 is 6.36 Å². The van der Waals surface area contributed by atoms with Crippen molar-refractivity contribution >= 4 is 11.3 Å². The van der Waals surface area contributed by atoms with Gasteiger partial charge in [-0.05, 0) is 29.1 Å². The van der Waals surface area contributed by atoms with Crippen molar-refractivity contribution in [2.24, 2.45) is 0 Å². The third kappa shape index (κ3) is 4.37. The van der Waals surface area contributed by atoms with Crippen LogP contribution in [0.15, 0.2) is 35.7 Å². The van der Waals surface area contributed by atoms with E-state index in [2.05, 4.69) is 4.74 Å². The summed E-state index contributed by atoms with van der Waals surface area (Å²) in [7, 11) is 1.52. The van der Waals surface area contributed by atoms with Gasteiger partial charge in [-0.25, -0.2) is 0 Å². The average Bonchev–Trinajstić information content (AvgIpc) is 2.87. The van der Waals surface area contributed by atoms with Gasteiger partial charge < -0.3 is 14.6 Å². The third-order valence-electron chi connectivity index (χ3n) is 2.77. The van der Waals surface area contributed by atoms with E-state index in [0.29, 0.717) is 16.2 Å². The monoisotopic (exact) mass is 318 g/mol. The van der Waals surface area contributed by atoms with Crippen LogP contribution in [0.4, 0.5) is 13.2 Å². The summed E-state index contributed by atoms with van der Waals surface area (Å²) >= 11 is 1.36. The molecule has 0 aliphatic rings. The Kier molecular flexibility index (Phi) is 4.74. The summed E-state index contributed by atoms with van der Waals surface area (Å²) in [5.41, 5.74) is 0.701. The molecule has 0 saturated carbocycles. The lowest BCUT2D eigenvalue weighted by molar-refractivity contribution is -0.274. The lowest BCUT2D eigenvalue weighted by atomic mass is 10.1. The number of alkyl halides is 3. The topological polar surface area (TPSA) is 38.7 Å². The zero-order chi connectivity index (χ0) is 15.5. The number of halogens is 3. The summed E-state index contributed by atoms with van der Waals surface area (Å²) < 4.78 is 45.1. The molecule has 2 rings (SSSR count). The van der Waals surface area contributed by atoms with Gasteiger partial charge in [0.2, 0.25) is 0 Å². The van der Waals surface area contributed by atoms with Gasteiger partial charge in [-0.2, -0.15) is 0 Å². The molecule has 0 spiro atoms. The SMILES string of the molecule is COc1ccsc1C(O)Cc1ccc(OC(F)(F)F)cc1. The minimum Gasteiger partial charge on any atom is -0.495 e. The maximum Gasteiger partial charge on any atom is 0.573 e. The second-order valence-corrected chi connectivity index (χ2v) is 5.21. The van der Waals surface area contributed by atoms with Crippen LogP contribution in [0, 0.1) is 0 Å². The Labute approximate surface area is 123 Å². The quantitative estimate of drug-likeness (QED) is 0.908. The van der Waals surface area contributed by atoms with Crippen LogP contribution < -0.4 is 9.47 Å². The molecule has 1 N–H and O–H groups in total. The highest BCUT2D eigenvalue weighted by Crippen LogP contribution is 2.33. The van der Waals surface area contributed by atoms with Gasteiger partial charge in [0, 0.05) is 6.42 Å². The molecule has 2 aromatic rings. The van der Waals surface area contributed by atoms with Crippen molar-refractivity contribution in [3.8, 4) is 11.5 Å². The first-order chi connectivity index (χ1) is 9.89. The summed E-state index contributed by atoms with van der Waals surface area (Å²) in [5, 5.41) is 12.0. The van der Waals surface area contributed by atoms with Crippen LogP contribution in [-0.4, -0.2) is 18.6 Å². The Morgan fingerprint density at radius 2 is 1.86 bits per heavy atom. The highest BCUT2D eigenvalue weighted by Gasteiger charge is 2.31. The van der Waals surface area contributed by atoms with Crippen LogP contribution in [0.2, 0.25) is 0 Å². The molecule has 0 amide bonds. The molecule has 0 aliphatic carbocycles. The Morgan fingerprint density at radius 1 is 1.19 bits per heavy atom. The molecule has 3 nitrogen and oxygen atoms in total. The Hall–Kier alpha value is -1.73. The predicted molar refractivity (Wildman–Crippen MR) is 72.7 cm³/mol. The number of thiophene rings is 1. The van der Waals surface area contributed by atoms with E-state index >= 15 is 0 Å². The summed E-state index contributed by atoms with van der Waals surface area (Å²) in [5.74, 6) is 0.318. The van der Waals surface area contributed by atoms with Crippen LogP contribution in [0.25, 0.3) is 0 Å². The molecular weight excluding hydrogens is 305 g/mol. The van der Waals surface area contributed by atoms with Crippen molar-refractivity contribution in [3.63, 3.8) is 0 Å². The second-order valence-electron chi connectivity index (χ2n) is 4.26. The van der Waals surface area contributed by atoms with Gasteiger partial charge in [-0.15, -0.1) is 24.5 Å². The largest absolute Gasteiger partial charge is 0.573 e. The molecule has 0 fully saturated rings. The predicted octanol–water partition coefficient (Wildman–Crippen LogP) is 3.93. The molecule has 114 valence electrons.